The smallest absolute Gasteiger partial charge is 0.332 e. The topological polar surface area (TPSA) is 87.2 Å². The van der Waals surface area contributed by atoms with E-state index in [1.165, 1.54) is 9.80 Å². The van der Waals surface area contributed by atoms with Gasteiger partial charge in [-0.1, -0.05) is 24.3 Å². The fourth-order valence-electron chi connectivity index (χ4n) is 5.99. The molecule has 5 rings (SSSR count). The largest absolute Gasteiger partial charge is 0.497 e. The number of fused-ring (bicyclic) bond motifs is 3. The number of anilines is 1. The standard InChI is InChI=1S/C27H29N3O5/c1-15-8-7-9-17(14-15)28-24(33)27(5)20-19(22(31)30(23(20)32)26(2,3)4)21(29(27)25(28)34)16-10-12-18(35-6)13-11-16/h7-14,19-21H,1-6H3/t19?,20?,21?,27-/m1/s1. The summed E-state index contributed by atoms with van der Waals surface area (Å²) in [6, 6.07) is 12.9. The summed E-state index contributed by atoms with van der Waals surface area (Å²) in [4.78, 5) is 59.4. The van der Waals surface area contributed by atoms with Gasteiger partial charge in [0.25, 0.3) is 5.91 Å². The molecule has 8 heteroatoms. The Hall–Kier alpha value is -3.68. The lowest BCUT2D eigenvalue weighted by Gasteiger charge is -2.36. The minimum Gasteiger partial charge on any atom is -0.497 e. The predicted molar refractivity (Wildman–Crippen MR) is 129 cm³/mol. The van der Waals surface area contributed by atoms with Gasteiger partial charge in [-0.05, 0) is 70.0 Å². The highest BCUT2D eigenvalue weighted by Gasteiger charge is 2.76. The molecule has 35 heavy (non-hydrogen) atoms. The van der Waals surface area contributed by atoms with Crippen LogP contribution in [-0.2, 0) is 14.4 Å². The first-order chi connectivity index (χ1) is 16.4. The summed E-state index contributed by atoms with van der Waals surface area (Å²) < 4.78 is 5.28. The van der Waals surface area contributed by atoms with Crippen LogP contribution in [0.1, 0.15) is 44.9 Å². The SMILES string of the molecule is COc1ccc(C2C3C(=O)N(C(C)(C)C)C(=O)C3[C@]3(C)C(=O)N(c4cccc(C)c4)C(=O)N23)cc1. The molecule has 8 nitrogen and oxygen atoms in total. The van der Waals surface area contributed by atoms with Gasteiger partial charge in [0.15, 0.2) is 0 Å². The zero-order valence-electron chi connectivity index (χ0n) is 20.7. The molecule has 0 aliphatic carbocycles. The summed E-state index contributed by atoms with van der Waals surface area (Å²) in [6.45, 7) is 8.91. The highest BCUT2D eigenvalue weighted by Crippen LogP contribution is 2.59. The number of likely N-dealkylation sites (tertiary alicyclic amines) is 1. The average Bonchev–Trinajstić information content (AvgIpc) is 3.30. The monoisotopic (exact) mass is 475 g/mol. The molecule has 4 atom stereocenters. The van der Waals surface area contributed by atoms with Crippen molar-refractivity contribution in [3.63, 3.8) is 0 Å². The third kappa shape index (κ3) is 2.98. The molecule has 182 valence electrons. The number of rotatable bonds is 3. The van der Waals surface area contributed by atoms with E-state index in [1.54, 1.807) is 77.3 Å². The highest BCUT2D eigenvalue weighted by molar-refractivity contribution is 6.26. The van der Waals surface area contributed by atoms with Crippen LogP contribution in [0, 0.1) is 18.8 Å². The second kappa shape index (κ2) is 7.41. The second-order valence-electron chi connectivity index (χ2n) is 10.7. The highest BCUT2D eigenvalue weighted by atomic mass is 16.5. The zero-order valence-corrected chi connectivity index (χ0v) is 20.7. The minimum atomic E-state index is -1.50. The second-order valence-corrected chi connectivity index (χ2v) is 10.7. The summed E-state index contributed by atoms with van der Waals surface area (Å²) in [5.41, 5.74) is -0.232. The van der Waals surface area contributed by atoms with Gasteiger partial charge in [0.2, 0.25) is 11.8 Å². The van der Waals surface area contributed by atoms with E-state index in [0.29, 0.717) is 17.0 Å². The number of benzene rings is 2. The van der Waals surface area contributed by atoms with Crippen LogP contribution in [0.3, 0.4) is 0 Å². The Balaban J connectivity index is 1.71. The number of hydrogen-bond acceptors (Lipinski definition) is 5. The van der Waals surface area contributed by atoms with Gasteiger partial charge in [0.1, 0.15) is 11.3 Å². The van der Waals surface area contributed by atoms with Gasteiger partial charge >= 0.3 is 6.03 Å². The number of nitrogens with zero attached hydrogens (tertiary/aromatic N) is 3. The van der Waals surface area contributed by atoms with E-state index in [9.17, 15) is 19.2 Å². The van der Waals surface area contributed by atoms with Crippen molar-refractivity contribution >= 4 is 29.4 Å². The number of imide groups is 2. The van der Waals surface area contributed by atoms with Gasteiger partial charge < -0.3 is 9.64 Å². The molecule has 5 amide bonds. The molecule has 0 spiro atoms. The number of urea groups is 1. The number of carbonyl (C=O) groups is 4. The molecule has 3 aliphatic rings. The number of aryl methyl sites for hydroxylation is 1. The van der Waals surface area contributed by atoms with Crippen molar-refractivity contribution in [1.29, 1.82) is 0 Å². The Kier molecular flexibility index (Phi) is 4.88. The van der Waals surface area contributed by atoms with Crippen molar-refractivity contribution in [3.05, 3.63) is 59.7 Å². The molecular formula is C27H29N3O5. The lowest BCUT2D eigenvalue weighted by molar-refractivity contribution is -0.148. The van der Waals surface area contributed by atoms with E-state index in [4.69, 9.17) is 4.74 Å². The average molecular weight is 476 g/mol. The molecule has 0 radical (unpaired) electrons. The number of ether oxygens (including phenoxy) is 1. The fraction of sp³-hybridized carbons (Fsp3) is 0.407. The van der Waals surface area contributed by atoms with Gasteiger partial charge in [0.05, 0.1) is 30.7 Å². The van der Waals surface area contributed by atoms with Crippen LogP contribution in [0.25, 0.3) is 0 Å². The molecule has 0 saturated carbocycles. The van der Waals surface area contributed by atoms with Gasteiger partial charge in [-0.2, -0.15) is 0 Å². The molecule has 2 aromatic rings. The van der Waals surface area contributed by atoms with E-state index in [0.717, 1.165) is 10.5 Å². The van der Waals surface area contributed by atoms with Crippen LogP contribution < -0.4 is 9.64 Å². The maximum Gasteiger partial charge on any atom is 0.332 e. The molecule has 3 unspecified atom stereocenters. The fourth-order valence-corrected chi connectivity index (χ4v) is 5.99. The van der Waals surface area contributed by atoms with E-state index >= 15 is 0 Å². The van der Waals surface area contributed by atoms with Crippen LogP contribution in [0.2, 0.25) is 0 Å². The molecule has 2 aromatic carbocycles. The van der Waals surface area contributed by atoms with Gasteiger partial charge in [-0.15, -0.1) is 0 Å². The third-order valence-corrected chi connectivity index (χ3v) is 7.50. The molecule has 0 N–H and O–H groups in total. The molecule has 3 aliphatic heterocycles. The van der Waals surface area contributed by atoms with Crippen molar-refractivity contribution in [2.75, 3.05) is 12.0 Å². The van der Waals surface area contributed by atoms with Crippen LogP contribution in [-0.4, -0.2) is 51.7 Å². The molecular weight excluding hydrogens is 446 g/mol. The van der Waals surface area contributed by atoms with Crippen LogP contribution in [0.4, 0.5) is 10.5 Å². The van der Waals surface area contributed by atoms with Crippen molar-refractivity contribution in [1.82, 2.24) is 9.80 Å². The van der Waals surface area contributed by atoms with E-state index < -0.39 is 46.8 Å². The first-order valence-corrected chi connectivity index (χ1v) is 11.7. The van der Waals surface area contributed by atoms with Crippen molar-refractivity contribution in [2.24, 2.45) is 11.8 Å². The number of carbonyl (C=O) groups excluding carboxylic acids is 4. The lowest BCUT2D eigenvalue weighted by atomic mass is 9.79. The Bertz CT molecular complexity index is 1260. The predicted octanol–water partition coefficient (Wildman–Crippen LogP) is 3.69. The van der Waals surface area contributed by atoms with Crippen molar-refractivity contribution in [3.8, 4) is 5.75 Å². The first-order valence-electron chi connectivity index (χ1n) is 11.7. The Morgan fingerprint density at radius 1 is 0.943 bits per heavy atom. The van der Waals surface area contributed by atoms with E-state index in [-0.39, 0.29) is 5.91 Å². The van der Waals surface area contributed by atoms with E-state index in [1.807, 2.05) is 13.0 Å². The summed E-state index contributed by atoms with van der Waals surface area (Å²) in [5, 5.41) is 0. The zero-order chi connectivity index (χ0) is 25.4. The van der Waals surface area contributed by atoms with E-state index in [2.05, 4.69) is 0 Å². The molecule has 3 saturated heterocycles. The Morgan fingerprint density at radius 3 is 2.17 bits per heavy atom. The molecule has 0 aromatic heterocycles. The summed E-state index contributed by atoms with van der Waals surface area (Å²) in [5.74, 6) is -2.47. The summed E-state index contributed by atoms with van der Waals surface area (Å²) >= 11 is 0. The van der Waals surface area contributed by atoms with Gasteiger partial charge in [-0.3, -0.25) is 19.3 Å². The van der Waals surface area contributed by atoms with Crippen LogP contribution in [0.5, 0.6) is 5.75 Å². The number of hydrogen-bond donors (Lipinski definition) is 0. The normalized spacial score (nSPS) is 28.2. The van der Waals surface area contributed by atoms with Crippen molar-refractivity contribution in [2.45, 2.75) is 51.7 Å². The summed E-state index contributed by atoms with van der Waals surface area (Å²) in [6.07, 6.45) is 0. The van der Waals surface area contributed by atoms with Gasteiger partial charge in [0, 0.05) is 5.54 Å². The Morgan fingerprint density at radius 2 is 1.60 bits per heavy atom. The van der Waals surface area contributed by atoms with Crippen LogP contribution in [0.15, 0.2) is 48.5 Å². The third-order valence-electron chi connectivity index (χ3n) is 7.50. The maximum atomic E-state index is 14.0. The quantitative estimate of drug-likeness (QED) is 0.499. The first kappa shape index (κ1) is 23.1. The van der Waals surface area contributed by atoms with Crippen LogP contribution >= 0.6 is 0 Å². The molecule has 3 fully saturated rings. The minimum absolute atomic E-state index is 0.355. The molecule has 0 bridgehead atoms. The maximum absolute atomic E-state index is 14.0. The lowest BCUT2D eigenvalue weighted by Crippen LogP contribution is -2.54. The van der Waals surface area contributed by atoms with Gasteiger partial charge in [-0.25, -0.2) is 9.69 Å². The number of amides is 5. The number of methoxy groups -OCH3 is 1. The summed E-state index contributed by atoms with van der Waals surface area (Å²) in [7, 11) is 1.56. The Labute approximate surface area is 204 Å². The van der Waals surface area contributed by atoms with Crippen molar-refractivity contribution < 1.29 is 23.9 Å². The molecule has 3 heterocycles.